The predicted molar refractivity (Wildman–Crippen MR) is 81.0 cm³/mol. The highest BCUT2D eigenvalue weighted by molar-refractivity contribution is 9.10. The maximum atomic E-state index is 5.35. The minimum Gasteiger partial charge on any atom is -0.493 e. The molecule has 4 heteroatoms. The van der Waals surface area contributed by atoms with Crippen LogP contribution in [0.4, 0.5) is 0 Å². The van der Waals surface area contributed by atoms with Crippen LogP contribution in [0.3, 0.4) is 0 Å². The molecule has 0 aliphatic heterocycles. The number of nitrogens with one attached hydrogen (secondary N) is 1. The smallest absolute Gasteiger partial charge is 0.161 e. The van der Waals surface area contributed by atoms with Gasteiger partial charge in [0.1, 0.15) is 0 Å². The highest BCUT2D eigenvalue weighted by Crippen LogP contribution is 2.33. The first-order valence-corrected chi connectivity index (χ1v) is 7.67. The zero-order chi connectivity index (χ0) is 13.7. The molecular weight excluding hydrogens is 306 g/mol. The van der Waals surface area contributed by atoms with Crippen LogP contribution in [0.5, 0.6) is 11.5 Å². The Kier molecular flexibility index (Phi) is 5.52. The Balaban J connectivity index is 2.02. The zero-order valence-corrected chi connectivity index (χ0v) is 13.3. The lowest BCUT2D eigenvalue weighted by Gasteiger charge is -2.23. The Morgan fingerprint density at radius 2 is 1.74 bits per heavy atom. The molecular formula is C15H22BrNO2. The quantitative estimate of drug-likeness (QED) is 0.889. The first-order valence-electron chi connectivity index (χ1n) is 6.88. The molecule has 1 aliphatic rings. The Hall–Kier alpha value is -0.740. The van der Waals surface area contributed by atoms with E-state index in [4.69, 9.17) is 9.47 Å². The average Bonchev–Trinajstić information content (AvgIpc) is 2.46. The van der Waals surface area contributed by atoms with E-state index in [0.29, 0.717) is 6.04 Å². The van der Waals surface area contributed by atoms with Gasteiger partial charge in [-0.2, -0.15) is 0 Å². The second-order valence-corrected chi connectivity index (χ2v) is 5.87. The Morgan fingerprint density at radius 3 is 2.37 bits per heavy atom. The van der Waals surface area contributed by atoms with Crippen molar-refractivity contribution in [2.45, 2.75) is 44.7 Å². The summed E-state index contributed by atoms with van der Waals surface area (Å²) >= 11 is 3.60. The van der Waals surface area contributed by atoms with E-state index in [-0.39, 0.29) is 0 Å². The molecule has 3 nitrogen and oxygen atoms in total. The van der Waals surface area contributed by atoms with Crippen molar-refractivity contribution < 1.29 is 9.47 Å². The topological polar surface area (TPSA) is 30.5 Å². The van der Waals surface area contributed by atoms with Gasteiger partial charge < -0.3 is 14.8 Å². The summed E-state index contributed by atoms with van der Waals surface area (Å²) in [6.07, 6.45) is 6.68. The minimum absolute atomic E-state index is 0.661. The van der Waals surface area contributed by atoms with E-state index in [2.05, 4.69) is 21.2 Å². The maximum absolute atomic E-state index is 5.35. The van der Waals surface area contributed by atoms with Gasteiger partial charge in [-0.3, -0.25) is 0 Å². The highest BCUT2D eigenvalue weighted by atomic mass is 79.9. The Bertz CT molecular complexity index is 417. The summed E-state index contributed by atoms with van der Waals surface area (Å²) in [5, 5.41) is 3.64. The molecule has 19 heavy (non-hydrogen) atoms. The van der Waals surface area contributed by atoms with Gasteiger partial charge in [-0.15, -0.1) is 0 Å². The Morgan fingerprint density at radius 1 is 1.11 bits per heavy atom. The van der Waals surface area contributed by atoms with E-state index >= 15 is 0 Å². The van der Waals surface area contributed by atoms with Crippen LogP contribution in [0.15, 0.2) is 16.6 Å². The molecule has 1 aromatic rings. The van der Waals surface area contributed by atoms with Crippen LogP contribution in [0.1, 0.15) is 37.7 Å². The van der Waals surface area contributed by atoms with Crippen molar-refractivity contribution in [3.05, 3.63) is 22.2 Å². The van der Waals surface area contributed by atoms with Gasteiger partial charge in [0.2, 0.25) is 0 Å². The van der Waals surface area contributed by atoms with Crippen molar-refractivity contribution in [2.75, 3.05) is 14.2 Å². The van der Waals surface area contributed by atoms with Gasteiger partial charge in [-0.25, -0.2) is 0 Å². The predicted octanol–water partition coefficient (Wildman–Crippen LogP) is 3.89. The van der Waals surface area contributed by atoms with Crippen molar-refractivity contribution in [3.63, 3.8) is 0 Å². The maximum Gasteiger partial charge on any atom is 0.161 e. The fourth-order valence-electron chi connectivity index (χ4n) is 2.59. The lowest BCUT2D eigenvalue weighted by atomic mass is 9.95. The fraction of sp³-hybridized carbons (Fsp3) is 0.600. The van der Waals surface area contributed by atoms with E-state index in [1.165, 1.54) is 37.7 Å². The lowest BCUT2D eigenvalue weighted by Crippen LogP contribution is -2.30. The summed E-state index contributed by atoms with van der Waals surface area (Å²) < 4.78 is 11.7. The highest BCUT2D eigenvalue weighted by Gasteiger charge is 2.14. The molecule has 0 unspecified atom stereocenters. The van der Waals surface area contributed by atoms with Crippen molar-refractivity contribution in [3.8, 4) is 11.5 Å². The molecule has 106 valence electrons. The number of methoxy groups -OCH3 is 2. The molecule has 2 rings (SSSR count). The summed E-state index contributed by atoms with van der Waals surface area (Å²) in [7, 11) is 3.33. The van der Waals surface area contributed by atoms with Crippen LogP contribution in [0, 0.1) is 0 Å². The van der Waals surface area contributed by atoms with Crippen molar-refractivity contribution in [2.24, 2.45) is 0 Å². The van der Waals surface area contributed by atoms with Gasteiger partial charge in [-0.1, -0.05) is 35.2 Å². The summed E-state index contributed by atoms with van der Waals surface area (Å²) in [5.74, 6) is 1.54. The number of ether oxygens (including phenoxy) is 2. The lowest BCUT2D eigenvalue weighted by molar-refractivity contribution is 0.352. The van der Waals surface area contributed by atoms with Gasteiger partial charge in [0, 0.05) is 17.1 Å². The molecule has 1 aromatic carbocycles. The molecule has 1 aliphatic carbocycles. The first-order chi connectivity index (χ1) is 9.24. The van der Waals surface area contributed by atoms with E-state index in [0.717, 1.165) is 22.5 Å². The SMILES string of the molecule is COc1cc(Br)c(CNC2CCCCC2)cc1OC. The van der Waals surface area contributed by atoms with Crippen LogP contribution in [-0.4, -0.2) is 20.3 Å². The molecule has 1 N–H and O–H groups in total. The van der Waals surface area contributed by atoms with E-state index in [9.17, 15) is 0 Å². The van der Waals surface area contributed by atoms with Crippen LogP contribution in [0.25, 0.3) is 0 Å². The molecule has 0 bridgehead atoms. The van der Waals surface area contributed by atoms with Gasteiger partial charge >= 0.3 is 0 Å². The van der Waals surface area contributed by atoms with Crippen LogP contribution in [-0.2, 0) is 6.54 Å². The van der Waals surface area contributed by atoms with E-state index in [1.807, 2.05) is 12.1 Å². The van der Waals surface area contributed by atoms with Gasteiger partial charge in [0.05, 0.1) is 14.2 Å². The molecule has 0 heterocycles. The third-order valence-corrected chi connectivity index (χ3v) is 4.48. The normalized spacial score (nSPS) is 16.4. The molecule has 0 atom stereocenters. The fourth-order valence-corrected chi connectivity index (χ4v) is 3.06. The van der Waals surface area contributed by atoms with E-state index in [1.54, 1.807) is 14.2 Å². The monoisotopic (exact) mass is 327 g/mol. The average molecular weight is 328 g/mol. The molecule has 0 radical (unpaired) electrons. The van der Waals surface area contributed by atoms with Gasteiger partial charge in [0.15, 0.2) is 11.5 Å². The van der Waals surface area contributed by atoms with Gasteiger partial charge in [-0.05, 0) is 30.5 Å². The second-order valence-electron chi connectivity index (χ2n) is 5.01. The standard InChI is InChI=1S/C15H22BrNO2/c1-18-14-8-11(13(16)9-15(14)19-2)10-17-12-6-4-3-5-7-12/h8-9,12,17H,3-7,10H2,1-2H3. The van der Waals surface area contributed by atoms with Crippen LogP contribution < -0.4 is 14.8 Å². The van der Waals surface area contributed by atoms with Crippen molar-refractivity contribution in [1.29, 1.82) is 0 Å². The number of rotatable bonds is 5. The number of benzene rings is 1. The molecule has 1 saturated carbocycles. The summed E-state index contributed by atoms with van der Waals surface area (Å²) in [4.78, 5) is 0. The molecule has 0 saturated heterocycles. The summed E-state index contributed by atoms with van der Waals surface area (Å²) in [5.41, 5.74) is 1.21. The van der Waals surface area contributed by atoms with Crippen molar-refractivity contribution >= 4 is 15.9 Å². The summed E-state index contributed by atoms with van der Waals surface area (Å²) in [6, 6.07) is 4.67. The number of halogens is 1. The molecule has 1 fully saturated rings. The second kappa shape index (κ2) is 7.15. The number of hydrogen-bond donors (Lipinski definition) is 1. The minimum atomic E-state index is 0.661. The molecule has 0 amide bonds. The van der Waals surface area contributed by atoms with Crippen LogP contribution >= 0.6 is 15.9 Å². The Labute approximate surface area is 123 Å². The van der Waals surface area contributed by atoms with E-state index < -0.39 is 0 Å². The number of hydrogen-bond acceptors (Lipinski definition) is 3. The zero-order valence-electron chi connectivity index (χ0n) is 11.7. The molecule has 0 aromatic heterocycles. The molecule has 0 spiro atoms. The summed E-state index contributed by atoms with van der Waals surface area (Å²) in [6.45, 7) is 0.867. The van der Waals surface area contributed by atoms with Crippen LogP contribution in [0.2, 0.25) is 0 Å². The van der Waals surface area contributed by atoms with Gasteiger partial charge in [0.25, 0.3) is 0 Å². The third kappa shape index (κ3) is 3.86. The van der Waals surface area contributed by atoms with Crippen molar-refractivity contribution in [1.82, 2.24) is 5.32 Å². The third-order valence-electron chi connectivity index (χ3n) is 3.74. The largest absolute Gasteiger partial charge is 0.493 e. The first kappa shape index (κ1) is 14.7.